The standard InChI is InChI=1S/C74H67/c1-45-35-53(36-46(2)65(45)43-67-57-27-17-21-31-61(57)71(62-32-22-18-28-58(62)67)69-49(5)39-55(40-50(69)6)73(9,10)11)25-15-16-26-54-37-47(3)66(48(4)38-54)44-68-59-29-19-23-33-63(59)72(64-34-24-20-30-60(64)68)70-51(7)41-56(42-52(70)8)74(12,13)14/h17-24,27-42,71H,1-14H3/q+1. The van der Waals surface area contributed by atoms with E-state index in [2.05, 4.69) is 277 Å². The van der Waals surface area contributed by atoms with Gasteiger partial charge in [-0.25, -0.2) is 0 Å². The minimum absolute atomic E-state index is 0.0733. The molecule has 0 unspecified atom stereocenters. The number of hydrogen-bond donors (Lipinski definition) is 0. The van der Waals surface area contributed by atoms with Gasteiger partial charge in [0.1, 0.15) is 0 Å². The van der Waals surface area contributed by atoms with Gasteiger partial charge in [0.2, 0.25) is 0 Å². The maximum atomic E-state index is 3.98. The minimum Gasteiger partial charge on any atom is -0.103 e. The van der Waals surface area contributed by atoms with Crippen LogP contribution < -0.4 is 20.9 Å². The van der Waals surface area contributed by atoms with Crippen LogP contribution in [0, 0.1) is 61.3 Å². The predicted molar refractivity (Wildman–Crippen MR) is 313 cm³/mol. The lowest BCUT2D eigenvalue weighted by Crippen LogP contribution is -2.19. The largest absolute Gasteiger partial charge is 0.103 e. The summed E-state index contributed by atoms with van der Waals surface area (Å²) in [6, 6.07) is 53.9. The summed E-state index contributed by atoms with van der Waals surface area (Å²) in [4.78, 5) is 0. The molecule has 0 saturated carbocycles. The molecule has 0 heterocycles. The van der Waals surface area contributed by atoms with Gasteiger partial charge in [-0.15, -0.1) is 5.73 Å². The zero-order valence-corrected chi connectivity index (χ0v) is 45.9. The molecule has 0 N–H and O–H groups in total. The van der Waals surface area contributed by atoms with Crippen molar-refractivity contribution in [3.63, 3.8) is 0 Å². The molecule has 74 heavy (non-hydrogen) atoms. The number of rotatable bonds is 2. The van der Waals surface area contributed by atoms with Crippen LogP contribution in [0.2, 0.25) is 0 Å². The molecule has 8 aromatic rings. The van der Waals surface area contributed by atoms with E-state index < -0.39 is 0 Å². The summed E-state index contributed by atoms with van der Waals surface area (Å²) < 4.78 is 0. The highest BCUT2D eigenvalue weighted by Gasteiger charge is 2.38. The molecule has 8 aromatic carbocycles. The van der Waals surface area contributed by atoms with E-state index in [1.165, 1.54) is 94.9 Å². The van der Waals surface area contributed by atoms with Crippen LogP contribution in [0.4, 0.5) is 0 Å². The summed E-state index contributed by atoms with van der Waals surface area (Å²) in [7, 11) is 0. The molecule has 0 fully saturated rings. The summed E-state index contributed by atoms with van der Waals surface area (Å²) >= 11 is 0. The Morgan fingerprint density at radius 3 is 1.11 bits per heavy atom. The lowest BCUT2D eigenvalue weighted by atomic mass is 9.70. The van der Waals surface area contributed by atoms with Crippen LogP contribution in [0.1, 0.15) is 159 Å². The second kappa shape index (κ2) is 19.1. The average Bonchev–Trinajstić information content (AvgIpc) is 3.34. The third kappa shape index (κ3) is 9.12. The second-order valence-corrected chi connectivity index (χ2v) is 23.1. The quantitative estimate of drug-likeness (QED) is 0.120. The zero-order valence-electron chi connectivity index (χ0n) is 45.9. The fourth-order valence-corrected chi connectivity index (χ4v) is 11.8. The first-order chi connectivity index (χ1) is 35.3. The number of aryl methyl sites for hydroxylation is 8. The Balaban J connectivity index is 1.07. The van der Waals surface area contributed by atoms with Gasteiger partial charge in [-0.05, 0) is 223 Å². The van der Waals surface area contributed by atoms with E-state index >= 15 is 0 Å². The van der Waals surface area contributed by atoms with Crippen LogP contribution in [-0.2, 0) is 10.8 Å². The van der Waals surface area contributed by atoms with Gasteiger partial charge in [0.05, 0.1) is 28.2 Å². The molecule has 0 spiro atoms. The SMILES string of the molecule is Cc1cc(C(C)(C)C)cc(C)c1[C+]1c2ccccc2C(=C=c2c(C)cc(=C=C=C=C=c3cc(C)c(=C=C4c5ccccc5C(c5c(C)cc(C(C)(C)C)cc5C)c5ccccc54)c(C)c3)cc2C)c2ccccc21. The van der Waals surface area contributed by atoms with Gasteiger partial charge < -0.3 is 0 Å². The summed E-state index contributed by atoms with van der Waals surface area (Å²) in [5.41, 5.74) is 48.8. The highest BCUT2D eigenvalue weighted by atomic mass is 14.4. The van der Waals surface area contributed by atoms with Crippen LogP contribution in [-0.4, -0.2) is 0 Å². The summed E-state index contributed by atoms with van der Waals surface area (Å²) in [5.74, 6) is 1.43. The first-order valence-corrected chi connectivity index (χ1v) is 26.3. The molecule has 2 aliphatic rings. The van der Waals surface area contributed by atoms with E-state index in [0.717, 1.165) is 54.3 Å². The Hall–Kier alpha value is -7.95. The Morgan fingerprint density at radius 2 is 0.716 bits per heavy atom. The van der Waals surface area contributed by atoms with Crippen LogP contribution in [0.5, 0.6) is 0 Å². The highest BCUT2D eigenvalue weighted by molar-refractivity contribution is 5.96. The predicted octanol–water partition coefficient (Wildman–Crippen LogP) is 14.9. The van der Waals surface area contributed by atoms with E-state index in [1.54, 1.807) is 0 Å². The van der Waals surface area contributed by atoms with Crippen molar-refractivity contribution >= 4 is 34.1 Å². The Labute approximate surface area is 440 Å². The van der Waals surface area contributed by atoms with Crippen LogP contribution in [0.25, 0.3) is 34.1 Å². The fourth-order valence-electron chi connectivity index (χ4n) is 11.8. The molecule has 0 bridgehead atoms. The molecule has 0 aromatic heterocycles. The molecule has 362 valence electrons. The van der Waals surface area contributed by atoms with Crippen LogP contribution >= 0.6 is 0 Å². The van der Waals surface area contributed by atoms with Crippen molar-refractivity contribution in [3.8, 4) is 0 Å². The Morgan fingerprint density at radius 1 is 0.378 bits per heavy atom. The molecule has 0 nitrogen and oxygen atoms in total. The van der Waals surface area contributed by atoms with Crippen molar-refractivity contribution in [3.05, 3.63) is 295 Å². The van der Waals surface area contributed by atoms with E-state index in [0.29, 0.717) is 0 Å². The zero-order chi connectivity index (χ0) is 52.4. The lowest BCUT2D eigenvalue weighted by Gasteiger charge is -2.33. The van der Waals surface area contributed by atoms with Crippen molar-refractivity contribution < 1.29 is 0 Å². The fraction of sp³-hybridized carbons (Fsp3) is 0.230. The third-order valence-electron chi connectivity index (χ3n) is 15.5. The van der Waals surface area contributed by atoms with E-state index in [9.17, 15) is 0 Å². The number of hydrogen-bond acceptors (Lipinski definition) is 0. The van der Waals surface area contributed by atoms with E-state index in [4.69, 9.17) is 0 Å². The van der Waals surface area contributed by atoms with Crippen LogP contribution in [0.15, 0.2) is 157 Å². The highest BCUT2D eigenvalue weighted by Crippen LogP contribution is 2.49. The molecule has 0 radical (unpaired) electrons. The van der Waals surface area contributed by atoms with Crippen molar-refractivity contribution in [2.24, 2.45) is 0 Å². The Kier molecular flexibility index (Phi) is 12.8. The summed E-state index contributed by atoms with van der Waals surface area (Å²) in [6.45, 7) is 31.6. The number of benzene rings is 8. The summed E-state index contributed by atoms with van der Waals surface area (Å²) in [6.07, 6.45) is 0. The van der Waals surface area contributed by atoms with Crippen molar-refractivity contribution in [1.29, 1.82) is 0 Å². The lowest BCUT2D eigenvalue weighted by molar-refractivity contribution is 0.588. The molecule has 0 aliphatic heterocycles. The molecule has 0 amide bonds. The first-order valence-electron chi connectivity index (χ1n) is 26.3. The van der Waals surface area contributed by atoms with Gasteiger partial charge in [0.15, 0.2) is 0 Å². The summed E-state index contributed by atoms with van der Waals surface area (Å²) in [5, 5.41) is 4.10. The normalized spacial score (nSPS) is 13.5. The van der Waals surface area contributed by atoms with Crippen molar-refractivity contribution in [2.45, 2.75) is 114 Å². The molecular formula is C74H67+. The maximum Gasteiger partial charge on any atom is 0.0808 e. The van der Waals surface area contributed by atoms with Crippen molar-refractivity contribution in [1.82, 2.24) is 0 Å². The molecule has 2 aliphatic carbocycles. The van der Waals surface area contributed by atoms with Crippen molar-refractivity contribution in [2.75, 3.05) is 0 Å². The average molecular weight is 956 g/mol. The third-order valence-corrected chi connectivity index (χ3v) is 15.5. The van der Waals surface area contributed by atoms with Gasteiger partial charge >= 0.3 is 0 Å². The minimum atomic E-state index is 0.0733. The van der Waals surface area contributed by atoms with Gasteiger partial charge in [-0.2, -0.15) is 0 Å². The van der Waals surface area contributed by atoms with Gasteiger partial charge in [0.25, 0.3) is 0 Å². The van der Waals surface area contributed by atoms with Crippen LogP contribution in [0.3, 0.4) is 0 Å². The molecule has 0 atom stereocenters. The second-order valence-electron chi connectivity index (χ2n) is 23.1. The van der Waals surface area contributed by atoms with Gasteiger partial charge in [-0.3, -0.25) is 0 Å². The molecule has 10 rings (SSSR count). The monoisotopic (exact) mass is 956 g/mol. The molecule has 0 heteroatoms. The first kappa shape index (κ1) is 49.6. The molecular weight excluding hydrogens is 889 g/mol. The molecule has 0 saturated heterocycles. The van der Waals surface area contributed by atoms with E-state index in [-0.39, 0.29) is 16.7 Å². The van der Waals surface area contributed by atoms with Gasteiger partial charge in [-0.1, -0.05) is 132 Å². The topological polar surface area (TPSA) is 0 Å². The number of fused-ring (bicyclic) bond motifs is 4. The Bertz CT molecular complexity index is 3660. The van der Waals surface area contributed by atoms with Gasteiger partial charge in [0, 0.05) is 54.6 Å². The van der Waals surface area contributed by atoms with E-state index in [1.807, 2.05) is 0 Å². The smallest absolute Gasteiger partial charge is 0.0808 e. The maximum absolute atomic E-state index is 3.98.